The summed E-state index contributed by atoms with van der Waals surface area (Å²) in [6, 6.07) is 4.38. The second-order valence-electron chi connectivity index (χ2n) is 7.27. The van der Waals surface area contributed by atoms with E-state index in [9.17, 15) is 5.11 Å². The van der Waals surface area contributed by atoms with Gasteiger partial charge in [-0.1, -0.05) is 13.8 Å². The molecule has 2 aromatic rings. The predicted molar refractivity (Wildman–Crippen MR) is 95.8 cm³/mol. The Labute approximate surface area is 142 Å². The Kier molecular flexibility index (Phi) is 4.90. The van der Waals surface area contributed by atoms with Crippen LogP contribution >= 0.6 is 11.3 Å². The number of hydrogen-bond acceptors (Lipinski definition) is 4. The molecule has 1 N–H and O–H groups in total. The van der Waals surface area contributed by atoms with E-state index >= 15 is 0 Å². The second kappa shape index (κ2) is 6.75. The third-order valence-electron chi connectivity index (χ3n) is 4.59. The number of rotatable bonds is 5. The van der Waals surface area contributed by atoms with Crippen molar-refractivity contribution in [3.05, 3.63) is 29.4 Å². The number of imidazole rings is 1. The maximum atomic E-state index is 10.9. The van der Waals surface area contributed by atoms with Crippen LogP contribution in [0.2, 0.25) is 0 Å². The Balaban J connectivity index is 1.76. The average molecular weight is 334 g/mol. The molecule has 0 unspecified atom stereocenters. The van der Waals surface area contributed by atoms with E-state index in [2.05, 4.69) is 47.5 Å². The number of thiophene rings is 1. The summed E-state index contributed by atoms with van der Waals surface area (Å²) in [4.78, 5) is 9.42. The van der Waals surface area contributed by atoms with Gasteiger partial charge in [0.1, 0.15) is 5.82 Å². The first kappa shape index (κ1) is 16.7. The summed E-state index contributed by atoms with van der Waals surface area (Å²) in [5, 5.41) is 10.9. The molecule has 1 saturated heterocycles. The summed E-state index contributed by atoms with van der Waals surface area (Å²) >= 11 is 1.82. The lowest BCUT2D eigenvalue weighted by Gasteiger charge is -2.36. The molecule has 0 radical (unpaired) electrons. The molecule has 126 valence electrons. The molecule has 0 amide bonds. The standard InChI is InChI=1S/C18H27N3OS/c1-14(2)12-15-4-5-16(23-15)17-19-8-11-21(17)13-18(22)6-9-20(3)10-7-18/h4-5,8,11,14,22H,6-7,9-10,12-13H2,1-3H3. The molecule has 0 spiro atoms. The van der Waals surface area contributed by atoms with Crippen LogP contribution in [0.25, 0.3) is 10.7 Å². The Morgan fingerprint density at radius 3 is 2.74 bits per heavy atom. The van der Waals surface area contributed by atoms with E-state index in [1.807, 2.05) is 23.7 Å². The molecule has 3 heterocycles. The summed E-state index contributed by atoms with van der Waals surface area (Å²) in [7, 11) is 2.12. The number of likely N-dealkylation sites (tertiary alicyclic amines) is 1. The summed E-state index contributed by atoms with van der Waals surface area (Å²) < 4.78 is 2.12. The smallest absolute Gasteiger partial charge is 0.150 e. The zero-order valence-electron chi connectivity index (χ0n) is 14.3. The van der Waals surface area contributed by atoms with Crippen molar-refractivity contribution < 1.29 is 5.11 Å². The molecule has 2 aromatic heterocycles. The fourth-order valence-corrected chi connectivity index (χ4v) is 4.41. The van der Waals surface area contributed by atoms with Gasteiger partial charge in [0.2, 0.25) is 0 Å². The maximum Gasteiger partial charge on any atom is 0.150 e. The first-order chi connectivity index (χ1) is 11.0. The molecule has 0 bridgehead atoms. The second-order valence-corrected chi connectivity index (χ2v) is 8.44. The molecule has 3 rings (SSSR count). The molecule has 5 heteroatoms. The number of nitrogens with zero attached hydrogens (tertiary/aromatic N) is 3. The van der Waals surface area contributed by atoms with Crippen molar-refractivity contribution in [1.82, 2.24) is 14.5 Å². The quantitative estimate of drug-likeness (QED) is 0.913. The monoisotopic (exact) mass is 333 g/mol. The van der Waals surface area contributed by atoms with Gasteiger partial charge in [-0.25, -0.2) is 4.98 Å². The van der Waals surface area contributed by atoms with Gasteiger partial charge in [-0.3, -0.25) is 0 Å². The van der Waals surface area contributed by atoms with Crippen LogP contribution in [0, 0.1) is 5.92 Å². The van der Waals surface area contributed by atoms with Crippen molar-refractivity contribution in [1.29, 1.82) is 0 Å². The van der Waals surface area contributed by atoms with Crippen LogP contribution in [0.4, 0.5) is 0 Å². The van der Waals surface area contributed by atoms with Gasteiger partial charge in [-0.2, -0.15) is 0 Å². The third-order valence-corrected chi connectivity index (χ3v) is 5.69. The number of piperidine rings is 1. The Morgan fingerprint density at radius 2 is 2.04 bits per heavy atom. The molecule has 0 atom stereocenters. The van der Waals surface area contributed by atoms with Gasteiger partial charge in [0, 0.05) is 30.4 Å². The fraction of sp³-hybridized carbons (Fsp3) is 0.611. The van der Waals surface area contributed by atoms with Gasteiger partial charge in [0.05, 0.1) is 17.0 Å². The van der Waals surface area contributed by atoms with Crippen LogP contribution in [0.3, 0.4) is 0 Å². The topological polar surface area (TPSA) is 41.3 Å². The summed E-state index contributed by atoms with van der Waals surface area (Å²) in [5.74, 6) is 1.65. The molecule has 0 saturated carbocycles. The van der Waals surface area contributed by atoms with E-state index in [-0.39, 0.29) is 0 Å². The Morgan fingerprint density at radius 1 is 1.30 bits per heavy atom. The highest BCUT2D eigenvalue weighted by Crippen LogP contribution is 2.31. The van der Waals surface area contributed by atoms with Crippen molar-refractivity contribution in [3.8, 4) is 10.7 Å². The lowest BCUT2D eigenvalue weighted by Crippen LogP contribution is -2.45. The minimum atomic E-state index is -0.611. The first-order valence-corrected chi connectivity index (χ1v) is 9.28. The highest BCUT2D eigenvalue weighted by molar-refractivity contribution is 7.15. The molecule has 1 fully saturated rings. The van der Waals surface area contributed by atoms with E-state index in [4.69, 9.17) is 0 Å². The first-order valence-electron chi connectivity index (χ1n) is 8.46. The number of aromatic nitrogens is 2. The molecule has 1 aliphatic heterocycles. The molecule has 23 heavy (non-hydrogen) atoms. The molecule has 0 aromatic carbocycles. The van der Waals surface area contributed by atoms with Gasteiger partial charge in [0.25, 0.3) is 0 Å². The summed E-state index contributed by atoms with van der Waals surface area (Å²) in [6.45, 7) is 7.04. The largest absolute Gasteiger partial charge is 0.388 e. The summed E-state index contributed by atoms with van der Waals surface area (Å²) in [5.41, 5.74) is -0.611. The fourth-order valence-electron chi connectivity index (χ4n) is 3.18. The normalized spacial score (nSPS) is 18.7. The third kappa shape index (κ3) is 4.03. The van der Waals surface area contributed by atoms with Crippen molar-refractivity contribution in [3.63, 3.8) is 0 Å². The van der Waals surface area contributed by atoms with Crippen LogP contribution in [-0.2, 0) is 13.0 Å². The van der Waals surface area contributed by atoms with Crippen LogP contribution in [-0.4, -0.2) is 45.3 Å². The van der Waals surface area contributed by atoms with Crippen LogP contribution in [0.5, 0.6) is 0 Å². The minimum absolute atomic E-state index is 0.611. The Hall–Kier alpha value is -1.17. The van der Waals surface area contributed by atoms with Crippen molar-refractivity contribution in [2.45, 2.75) is 45.3 Å². The average Bonchev–Trinajstić information content (AvgIpc) is 3.11. The van der Waals surface area contributed by atoms with Crippen LogP contribution < -0.4 is 0 Å². The van der Waals surface area contributed by atoms with Gasteiger partial charge in [-0.05, 0) is 44.4 Å². The van der Waals surface area contributed by atoms with Gasteiger partial charge >= 0.3 is 0 Å². The lowest BCUT2D eigenvalue weighted by molar-refractivity contribution is -0.0287. The molecular formula is C18H27N3OS. The minimum Gasteiger partial charge on any atom is -0.388 e. The van der Waals surface area contributed by atoms with Crippen LogP contribution in [0.1, 0.15) is 31.6 Å². The van der Waals surface area contributed by atoms with Crippen molar-refractivity contribution in [2.24, 2.45) is 5.92 Å². The zero-order valence-corrected chi connectivity index (χ0v) is 15.1. The van der Waals surface area contributed by atoms with Crippen molar-refractivity contribution >= 4 is 11.3 Å². The highest BCUT2D eigenvalue weighted by Gasteiger charge is 2.32. The molecule has 1 aliphatic rings. The van der Waals surface area contributed by atoms with E-state index in [0.717, 1.165) is 38.2 Å². The van der Waals surface area contributed by atoms with Crippen LogP contribution in [0.15, 0.2) is 24.5 Å². The SMILES string of the molecule is CC(C)Cc1ccc(-c2nccn2CC2(O)CCN(C)CC2)s1. The van der Waals surface area contributed by atoms with Crippen molar-refractivity contribution in [2.75, 3.05) is 20.1 Å². The number of hydrogen-bond donors (Lipinski definition) is 1. The van der Waals surface area contributed by atoms with Gasteiger partial charge in [-0.15, -0.1) is 11.3 Å². The van der Waals surface area contributed by atoms with E-state index in [1.165, 1.54) is 9.75 Å². The van der Waals surface area contributed by atoms with Gasteiger partial charge in [0.15, 0.2) is 0 Å². The molecule has 4 nitrogen and oxygen atoms in total. The van der Waals surface area contributed by atoms with E-state index < -0.39 is 5.60 Å². The highest BCUT2D eigenvalue weighted by atomic mass is 32.1. The van der Waals surface area contributed by atoms with E-state index in [1.54, 1.807) is 0 Å². The molecule has 0 aliphatic carbocycles. The summed E-state index contributed by atoms with van der Waals surface area (Å²) in [6.07, 6.45) is 6.60. The zero-order chi connectivity index (χ0) is 16.4. The van der Waals surface area contributed by atoms with E-state index in [0.29, 0.717) is 12.5 Å². The van der Waals surface area contributed by atoms with Gasteiger partial charge < -0.3 is 14.6 Å². The molecular weight excluding hydrogens is 306 g/mol. The maximum absolute atomic E-state index is 10.9. The number of aliphatic hydroxyl groups is 1. The Bertz CT molecular complexity index is 638. The predicted octanol–water partition coefficient (Wildman–Crippen LogP) is 3.27. The lowest BCUT2D eigenvalue weighted by atomic mass is 9.91.